The number of carboxylic acids is 1. The topological polar surface area (TPSA) is 75.6 Å². The molecule has 0 radical (unpaired) electrons. The van der Waals surface area contributed by atoms with Gasteiger partial charge in [0.2, 0.25) is 11.8 Å². The average Bonchev–Trinajstić information content (AvgIpc) is 2.50. The molecule has 0 spiro atoms. The molecule has 1 aliphatic carbocycles. The van der Waals surface area contributed by atoms with Crippen molar-refractivity contribution in [3.05, 3.63) is 23.8 Å². The summed E-state index contributed by atoms with van der Waals surface area (Å²) >= 11 is 0. The van der Waals surface area contributed by atoms with Crippen molar-refractivity contribution in [2.24, 2.45) is 5.41 Å². The van der Waals surface area contributed by atoms with E-state index in [1.807, 2.05) is 0 Å². The lowest BCUT2D eigenvalue weighted by Gasteiger charge is -2.35. The van der Waals surface area contributed by atoms with Crippen molar-refractivity contribution in [1.82, 2.24) is 0 Å². The first-order chi connectivity index (χ1) is 10.7. The lowest BCUT2D eigenvalue weighted by atomic mass is 9.73. The molecule has 0 bridgehead atoms. The Morgan fingerprint density at radius 2 is 1.83 bits per heavy atom. The molecule has 1 aliphatic rings. The molecule has 7 heteroatoms. The Balaban J connectivity index is 2.13. The Morgan fingerprint density at radius 1 is 1.22 bits per heavy atom. The van der Waals surface area contributed by atoms with Crippen molar-refractivity contribution < 1.29 is 28.2 Å². The summed E-state index contributed by atoms with van der Waals surface area (Å²) in [5, 5.41) is 11.7. The van der Waals surface area contributed by atoms with E-state index >= 15 is 0 Å². The number of alkyl halides is 2. The molecule has 1 aromatic rings. The number of halogens is 2. The number of hydrogen-bond acceptors (Lipinski definition) is 3. The van der Waals surface area contributed by atoms with E-state index in [-0.39, 0.29) is 42.9 Å². The fraction of sp³-hybridized carbons (Fsp3) is 0.500. The van der Waals surface area contributed by atoms with Gasteiger partial charge in [-0.15, -0.1) is 0 Å². The monoisotopic (exact) mass is 327 g/mol. The maximum absolute atomic E-state index is 13.3. The first kappa shape index (κ1) is 17.2. The number of amides is 1. The summed E-state index contributed by atoms with van der Waals surface area (Å²) in [5.74, 6) is -4.07. The van der Waals surface area contributed by atoms with E-state index in [2.05, 4.69) is 5.32 Å². The fourth-order valence-electron chi connectivity index (χ4n) is 2.62. The van der Waals surface area contributed by atoms with E-state index in [9.17, 15) is 18.4 Å². The number of methoxy groups -OCH3 is 1. The van der Waals surface area contributed by atoms with Crippen molar-refractivity contribution in [3.63, 3.8) is 0 Å². The lowest BCUT2D eigenvalue weighted by Crippen LogP contribution is -2.40. The van der Waals surface area contributed by atoms with Gasteiger partial charge in [-0.2, -0.15) is 0 Å². The van der Waals surface area contributed by atoms with E-state index < -0.39 is 17.3 Å². The van der Waals surface area contributed by atoms with Crippen molar-refractivity contribution in [2.45, 2.75) is 38.5 Å². The number of anilines is 1. The normalized spacial score (nSPS) is 19.0. The van der Waals surface area contributed by atoms with Gasteiger partial charge < -0.3 is 15.2 Å². The Morgan fingerprint density at radius 3 is 2.35 bits per heavy atom. The summed E-state index contributed by atoms with van der Waals surface area (Å²) in [6.07, 6.45) is -0.400. The Bertz CT molecular complexity index is 621. The maximum Gasteiger partial charge on any atom is 0.339 e. The van der Waals surface area contributed by atoms with Crippen LogP contribution in [0.5, 0.6) is 5.75 Å². The van der Waals surface area contributed by atoms with Crippen LogP contribution in [0.4, 0.5) is 14.5 Å². The summed E-state index contributed by atoms with van der Waals surface area (Å²) in [5.41, 5.74) is -0.509. The molecule has 126 valence electrons. The molecule has 0 unspecified atom stereocenters. The fourth-order valence-corrected chi connectivity index (χ4v) is 2.62. The minimum atomic E-state index is -2.70. The Hall–Kier alpha value is -2.18. The maximum atomic E-state index is 13.3. The van der Waals surface area contributed by atoms with Crippen molar-refractivity contribution in [2.75, 3.05) is 12.4 Å². The molecule has 1 fully saturated rings. The smallest absolute Gasteiger partial charge is 0.339 e. The molecule has 0 atom stereocenters. The molecule has 1 amide bonds. The summed E-state index contributed by atoms with van der Waals surface area (Å²) in [7, 11) is 1.33. The summed E-state index contributed by atoms with van der Waals surface area (Å²) < 4.78 is 31.5. The second-order valence-electron chi connectivity index (χ2n) is 6.09. The number of benzene rings is 1. The number of carbonyl (C=O) groups is 2. The summed E-state index contributed by atoms with van der Waals surface area (Å²) in [6, 6.07) is 4.18. The van der Waals surface area contributed by atoms with Gasteiger partial charge in [-0.25, -0.2) is 13.6 Å². The molecule has 2 rings (SSSR count). The van der Waals surface area contributed by atoms with Crippen LogP contribution < -0.4 is 10.1 Å². The third-order valence-electron chi connectivity index (χ3n) is 4.32. The first-order valence-electron chi connectivity index (χ1n) is 7.27. The Labute approximate surface area is 132 Å². The van der Waals surface area contributed by atoms with Crippen LogP contribution in [0.2, 0.25) is 0 Å². The van der Waals surface area contributed by atoms with Gasteiger partial charge in [0.05, 0.1) is 7.11 Å². The third-order valence-corrected chi connectivity index (χ3v) is 4.32. The molecule has 0 aliphatic heterocycles. The molecule has 0 aromatic heterocycles. The molecule has 23 heavy (non-hydrogen) atoms. The minimum absolute atomic E-state index is 0.0194. The largest absolute Gasteiger partial charge is 0.496 e. The molecule has 5 nitrogen and oxygen atoms in total. The van der Waals surface area contributed by atoms with Gasteiger partial charge in [0, 0.05) is 30.0 Å². The van der Waals surface area contributed by atoms with Crippen LogP contribution in [0.15, 0.2) is 18.2 Å². The van der Waals surface area contributed by atoms with Gasteiger partial charge in [-0.05, 0) is 25.0 Å². The SMILES string of the molecule is COc1cc(NC(=O)C2(C)CCC(F)(F)CC2)ccc1C(=O)O. The molecular formula is C16H19F2NO4. The van der Waals surface area contributed by atoms with Crippen LogP contribution in [-0.4, -0.2) is 30.0 Å². The second kappa shape index (κ2) is 6.14. The van der Waals surface area contributed by atoms with Crippen molar-refractivity contribution in [1.29, 1.82) is 0 Å². The Kier molecular flexibility index (Phi) is 4.58. The van der Waals surface area contributed by atoms with E-state index in [1.165, 1.54) is 25.3 Å². The second-order valence-corrected chi connectivity index (χ2v) is 6.09. The lowest BCUT2D eigenvalue weighted by molar-refractivity contribution is -0.132. The van der Waals surface area contributed by atoms with Crippen LogP contribution in [0, 0.1) is 5.41 Å². The summed E-state index contributed by atoms with van der Waals surface area (Å²) in [6.45, 7) is 1.67. The number of carbonyl (C=O) groups excluding carboxylic acids is 1. The molecule has 1 saturated carbocycles. The van der Waals surface area contributed by atoms with E-state index in [0.29, 0.717) is 5.69 Å². The zero-order chi connectivity index (χ0) is 17.3. The van der Waals surface area contributed by atoms with E-state index in [0.717, 1.165) is 0 Å². The predicted octanol–water partition coefficient (Wildman–Crippen LogP) is 3.55. The zero-order valence-electron chi connectivity index (χ0n) is 13.0. The highest BCUT2D eigenvalue weighted by Gasteiger charge is 2.44. The highest BCUT2D eigenvalue weighted by atomic mass is 19.3. The van der Waals surface area contributed by atoms with Crippen LogP contribution in [-0.2, 0) is 4.79 Å². The van der Waals surface area contributed by atoms with Gasteiger partial charge in [0.25, 0.3) is 0 Å². The predicted molar refractivity (Wildman–Crippen MR) is 80.1 cm³/mol. The molecule has 0 saturated heterocycles. The molecule has 0 heterocycles. The number of ether oxygens (including phenoxy) is 1. The number of aromatic carboxylic acids is 1. The van der Waals surface area contributed by atoms with Crippen LogP contribution in [0.25, 0.3) is 0 Å². The van der Waals surface area contributed by atoms with Crippen molar-refractivity contribution in [3.8, 4) is 5.75 Å². The molecular weight excluding hydrogens is 308 g/mol. The van der Waals surface area contributed by atoms with Crippen LogP contribution >= 0.6 is 0 Å². The van der Waals surface area contributed by atoms with Crippen LogP contribution in [0.3, 0.4) is 0 Å². The third kappa shape index (κ3) is 3.78. The number of rotatable bonds is 4. The highest BCUT2D eigenvalue weighted by molar-refractivity contribution is 5.97. The van der Waals surface area contributed by atoms with Gasteiger partial charge in [0.1, 0.15) is 11.3 Å². The van der Waals surface area contributed by atoms with E-state index in [1.54, 1.807) is 6.92 Å². The van der Waals surface area contributed by atoms with Gasteiger partial charge in [0.15, 0.2) is 0 Å². The van der Waals surface area contributed by atoms with Gasteiger partial charge in [-0.1, -0.05) is 6.92 Å². The molecule has 2 N–H and O–H groups in total. The van der Waals surface area contributed by atoms with E-state index in [4.69, 9.17) is 9.84 Å². The highest BCUT2D eigenvalue weighted by Crippen LogP contribution is 2.44. The quantitative estimate of drug-likeness (QED) is 0.887. The summed E-state index contributed by atoms with van der Waals surface area (Å²) in [4.78, 5) is 23.4. The average molecular weight is 327 g/mol. The first-order valence-corrected chi connectivity index (χ1v) is 7.27. The van der Waals surface area contributed by atoms with Crippen molar-refractivity contribution >= 4 is 17.6 Å². The standard InChI is InChI=1S/C16H19F2NO4/c1-15(5-7-16(17,18)8-6-15)14(22)19-10-3-4-11(13(20)21)12(9-10)23-2/h3-4,9H,5-8H2,1-2H3,(H,19,22)(H,20,21). The number of carboxylic acid groups (broad SMARTS) is 1. The minimum Gasteiger partial charge on any atom is -0.496 e. The van der Waals surface area contributed by atoms with Gasteiger partial charge >= 0.3 is 5.97 Å². The van der Waals surface area contributed by atoms with Gasteiger partial charge in [-0.3, -0.25) is 4.79 Å². The number of nitrogens with one attached hydrogen (secondary N) is 1. The molecule has 1 aromatic carbocycles. The number of hydrogen-bond donors (Lipinski definition) is 2. The van der Waals surface area contributed by atoms with Crippen LogP contribution in [0.1, 0.15) is 43.0 Å². The zero-order valence-corrected chi connectivity index (χ0v) is 13.0.